The second kappa shape index (κ2) is 11.9. The van der Waals surface area contributed by atoms with Crippen molar-refractivity contribution in [3.05, 3.63) is 24.3 Å². The van der Waals surface area contributed by atoms with Crippen molar-refractivity contribution < 1.29 is 14.3 Å². The average Bonchev–Trinajstić information content (AvgIpc) is 2.70. The summed E-state index contributed by atoms with van der Waals surface area (Å²) < 4.78 is 10.1. The van der Waals surface area contributed by atoms with Crippen molar-refractivity contribution in [2.45, 2.75) is 13.8 Å². The third-order valence-electron chi connectivity index (χ3n) is 4.45. The maximum atomic E-state index is 11.6. The number of guanidine groups is 1. The molecule has 0 amide bonds. The first-order chi connectivity index (χ1) is 12.6. The third-order valence-corrected chi connectivity index (χ3v) is 4.45. The maximum Gasteiger partial charge on any atom is 0.310 e. The molecule has 1 unspecified atom stereocenters. The van der Waals surface area contributed by atoms with E-state index in [-0.39, 0.29) is 35.9 Å². The monoisotopic (exact) mass is 490 g/mol. The molecule has 2 rings (SSSR count). The lowest BCUT2D eigenvalue weighted by Gasteiger charge is -2.37. The molecule has 1 N–H and O–H groups in total. The first-order valence-corrected chi connectivity index (χ1v) is 9.09. The molecule has 0 saturated carbocycles. The zero-order chi connectivity index (χ0) is 18.9. The number of halogens is 1. The van der Waals surface area contributed by atoms with Gasteiger partial charge in [-0.3, -0.25) is 9.79 Å². The largest absolute Gasteiger partial charge is 0.497 e. The number of anilines is 1. The van der Waals surface area contributed by atoms with Crippen molar-refractivity contribution >= 4 is 41.6 Å². The SMILES string of the molecule is CCNC(=NCC(C)C(=O)OC)N1CCN(c2cccc(OC)c2)CC1.I. The molecule has 0 aliphatic carbocycles. The van der Waals surface area contributed by atoms with Gasteiger partial charge in [0.1, 0.15) is 5.75 Å². The molecule has 7 nitrogen and oxygen atoms in total. The topological polar surface area (TPSA) is 66.4 Å². The molecule has 1 fully saturated rings. The van der Waals surface area contributed by atoms with Crippen LogP contribution in [0.15, 0.2) is 29.3 Å². The molecule has 1 aliphatic rings. The predicted octanol–water partition coefficient (Wildman–Crippen LogP) is 2.21. The van der Waals surface area contributed by atoms with Crippen LogP contribution in [0.1, 0.15) is 13.8 Å². The number of methoxy groups -OCH3 is 2. The average molecular weight is 490 g/mol. The fraction of sp³-hybridized carbons (Fsp3) is 0.579. The van der Waals surface area contributed by atoms with Gasteiger partial charge in [0, 0.05) is 44.5 Å². The Balaban J connectivity index is 0.00000364. The van der Waals surface area contributed by atoms with Crippen molar-refractivity contribution in [3.8, 4) is 5.75 Å². The lowest BCUT2D eigenvalue weighted by atomic mass is 10.2. The zero-order valence-electron chi connectivity index (χ0n) is 16.6. The molecule has 0 spiro atoms. The van der Waals surface area contributed by atoms with Crippen LogP contribution in [0.4, 0.5) is 5.69 Å². The van der Waals surface area contributed by atoms with Crippen molar-refractivity contribution in [1.29, 1.82) is 0 Å². The molecule has 1 aromatic carbocycles. The van der Waals surface area contributed by atoms with Gasteiger partial charge in [-0.25, -0.2) is 0 Å². The lowest BCUT2D eigenvalue weighted by molar-refractivity contribution is -0.144. The first kappa shape index (κ1) is 23.3. The number of carbonyl (C=O) groups excluding carboxylic acids is 1. The van der Waals surface area contributed by atoms with Crippen molar-refractivity contribution in [3.63, 3.8) is 0 Å². The molecule has 152 valence electrons. The minimum atomic E-state index is -0.244. The van der Waals surface area contributed by atoms with E-state index >= 15 is 0 Å². The molecular formula is C19H31IN4O3. The Morgan fingerprint density at radius 2 is 1.96 bits per heavy atom. The predicted molar refractivity (Wildman–Crippen MR) is 119 cm³/mol. The van der Waals surface area contributed by atoms with Crippen molar-refractivity contribution in [2.24, 2.45) is 10.9 Å². The summed E-state index contributed by atoms with van der Waals surface area (Å²) in [5.41, 5.74) is 1.17. The molecule has 1 atom stereocenters. The highest BCUT2D eigenvalue weighted by atomic mass is 127. The smallest absolute Gasteiger partial charge is 0.310 e. The van der Waals surface area contributed by atoms with Crippen LogP contribution >= 0.6 is 24.0 Å². The van der Waals surface area contributed by atoms with Crippen LogP contribution in [0.3, 0.4) is 0 Å². The van der Waals surface area contributed by atoms with E-state index in [0.717, 1.165) is 44.4 Å². The molecule has 1 aromatic rings. The molecule has 1 saturated heterocycles. The highest BCUT2D eigenvalue weighted by Crippen LogP contribution is 2.22. The molecule has 1 aliphatic heterocycles. The number of nitrogens with zero attached hydrogens (tertiary/aromatic N) is 3. The second-order valence-corrected chi connectivity index (χ2v) is 6.29. The Hall–Kier alpha value is -1.71. The van der Waals surface area contributed by atoms with Crippen LogP contribution in [0.25, 0.3) is 0 Å². The summed E-state index contributed by atoms with van der Waals surface area (Å²) in [7, 11) is 3.09. The van der Waals surface area contributed by atoms with E-state index in [1.807, 2.05) is 26.0 Å². The van der Waals surface area contributed by atoms with E-state index in [9.17, 15) is 4.79 Å². The van der Waals surface area contributed by atoms with Gasteiger partial charge in [-0.15, -0.1) is 24.0 Å². The number of nitrogens with one attached hydrogen (secondary N) is 1. The van der Waals surface area contributed by atoms with Crippen molar-refractivity contribution in [2.75, 3.05) is 58.4 Å². The maximum absolute atomic E-state index is 11.6. The van der Waals surface area contributed by atoms with E-state index in [0.29, 0.717) is 6.54 Å². The molecular weight excluding hydrogens is 459 g/mol. The highest BCUT2D eigenvalue weighted by molar-refractivity contribution is 14.0. The minimum Gasteiger partial charge on any atom is -0.497 e. The number of carbonyl (C=O) groups is 1. The van der Waals surface area contributed by atoms with E-state index in [1.54, 1.807) is 7.11 Å². The summed E-state index contributed by atoms with van der Waals surface area (Å²) in [4.78, 5) is 20.8. The molecule has 1 heterocycles. The van der Waals surface area contributed by atoms with Crippen LogP contribution in [0.2, 0.25) is 0 Å². The normalized spacial score (nSPS) is 15.6. The summed E-state index contributed by atoms with van der Waals surface area (Å²) in [5.74, 6) is 1.25. The first-order valence-electron chi connectivity index (χ1n) is 9.09. The van der Waals surface area contributed by atoms with Crippen LogP contribution < -0.4 is 15.0 Å². The number of hydrogen-bond acceptors (Lipinski definition) is 5. The third kappa shape index (κ3) is 6.75. The fourth-order valence-electron chi connectivity index (χ4n) is 2.91. The van der Waals surface area contributed by atoms with E-state index in [1.165, 1.54) is 12.8 Å². The van der Waals surface area contributed by atoms with Crippen molar-refractivity contribution in [1.82, 2.24) is 10.2 Å². The van der Waals surface area contributed by atoms with Crippen LogP contribution in [0, 0.1) is 5.92 Å². The lowest BCUT2D eigenvalue weighted by Crippen LogP contribution is -2.52. The molecule has 0 aromatic heterocycles. The zero-order valence-corrected chi connectivity index (χ0v) is 18.9. The van der Waals surface area contributed by atoms with E-state index in [4.69, 9.17) is 9.47 Å². The van der Waals surface area contributed by atoms with Crippen LogP contribution in [0.5, 0.6) is 5.75 Å². The van der Waals surface area contributed by atoms with Gasteiger partial charge >= 0.3 is 5.97 Å². The van der Waals surface area contributed by atoms with Gasteiger partial charge < -0.3 is 24.6 Å². The molecule has 27 heavy (non-hydrogen) atoms. The van der Waals surface area contributed by atoms with Gasteiger partial charge in [0.2, 0.25) is 0 Å². The minimum absolute atomic E-state index is 0. The summed E-state index contributed by atoms with van der Waals surface area (Å²) in [6.07, 6.45) is 0. The van der Waals surface area contributed by atoms with E-state index in [2.05, 4.69) is 32.2 Å². The Labute approximate surface area is 179 Å². The number of benzene rings is 1. The Morgan fingerprint density at radius 3 is 2.56 bits per heavy atom. The quantitative estimate of drug-likeness (QED) is 0.286. The highest BCUT2D eigenvalue weighted by Gasteiger charge is 2.21. The van der Waals surface area contributed by atoms with Gasteiger partial charge in [-0.2, -0.15) is 0 Å². The summed E-state index contributed by atoms with van der Waals surface area (Å²) in [6, 6.07) is 8.14. The number of rotatable bonds is 6. The standard InChI is InChI=1S/C19H30N4O3.HI/c1-5-20-19(21-14-15(2)18(24)26-4)23-11-9-22(10-12-23)16-7-6-8-17(13-16)25-3;/h6-8,13,15H,5,9-12,14H2,1-4H3,(H,20,21);1H. The van der Waals surface area contributed by atoms with Gasteiger partial charge in [0.15, 0.2) is 5.96 Å². The number of aliphatic imine (C=N–C) groups is 1. The van der Waals surface area contributed by atoms with Crippen LogP contribution in [-0.2, 0) is 9.53 Å². The summed E-state index contributed by atoms with van der Waals surface area (Å²) in [6.45, 7) is 8.65. The summed E-state index contributed by atoms with van der Waals surface area (Å²) >= 11 is 0. The molecule has 8 heteroatoms. The molecule has 0 radical (unpaired) electrons. The summed E-state index contributed by atoms with van der Waals surface area (Å²) in [5, 5.41) is 3.32. The Kier molecular flexibility index (Phi) is 10.3. The van der Waals surface area contributed by atoms with Crippen LogP contribution in [-0.4, -0.2) is 70.3 Å². The van der Waals surface area contributed by atoms with E-state index < -0.39 is 0 Å². The second-order valence-electron chi connectivity index (χ2n) is 6.29. The Morgan fingerprint density at radius 1 is 1.26 bits per heavy atom. The number of piperazine rings is 1. The number of ether oxygens (including phenoxy) is 2. The van der Waals surface area contributed by atoms with Gasteiger partial charge in [-0.05, 0) is 19.1 Å². The van der Waals surface area contributed by atoms with Gasteiger partial charge in [-0.1, -0.05) is 13.0 Å². The molecule has 0 bridgehead atoms. The van der Waals surface area contributed by atoms with Gasteiger partial charge in [0.05, 0.1) is 26.7 Å². The Bertz CT molecular complexity index is 619. The number of hydrogen-bond donors (Lipinski definition) is 1. The number of esters is 1. The van der Waals surface area contributed by atoms with Gasteiger partial charge in [0.25, 0.3) is 0 Å². The fourth-order valence-corrected chi connectivity index (χ4v) is 2.91.